The minimum absolute atomic E-state index is 0.0379. The lowest BCUT2D eigenvalue weighted by Crippen LogP contribution is -2.81. The number of Topliss-reactive ketones (excluding diaryl/α,β-unsaturated/α-hetero) is 1. The summed E-state index contributed by atoms with van der Waals surface area (Å²) < 4.78 is 6.04. The number of hydrogen-bond donors (Lipinski definition) is 5. The lowest BCUT2D eigenvalue weighted by Gasteiger charge is -2.71. The first-order valence-electron chi connectivity index (χ1n) is 13.4. The lowest BCUT2D eigenvalue weighted by molar-refractivity contribution is -0.359. The molecular formula is C28H44O8. The number of hydrogen-bond acceptors (Lipinski definition) is 8. The van der Waals surface area contributed by atoms with Crippen molar-refractivity contribution >= 4 is 11.8 Å². The van der Waals surface area contributed by atoms with E-state index in [4.69, 9.17) is 4.74 Å². The molecule has 0 unspecified atom stereocenters. The quantitative estimate of drug-likeness (QED) is 0.287. The summed E-state index contributed by atoms with van der Waals surface area (Å²) in [7, 11) is 0. The molecule has 5 N–H and O–H groups in total. The summed E-state index contributed by atoms with van der Waals surface area (Å²) in [4.78, 5) is 25.8. The second kappa shape index (κ2) is 8.60. The third-order valence-electron chi connectivity index (χ3n) is 11.2. The van der Waals surface area contributed by atoms with E-state index in [0.29, 0.717) is 19.3 Å². The standard InChI is InChI=1S/C28H44O8/c1-15(2)16(3)11-23(32)36-22-12-20-24(5)9-7-18(30)13-27(24,34)21(31)14-26(20,33)28(35)10-8-19(17(4)29)25(22,28)6/h11,15,18-22,30-31,33-35H,7-10,12-14H2,1-6H3/b16-11-/t18-,19-,20+,21+,22+,24+,25-,26-,27-,28+/m0/s1. The SMILES string of the molecule is CC(=O)[C@@H]1CC[C@@]2(O)[C@]1(C)[C@H](OC(=O)/C=C(/C)C(C)C)C[C@@H]1[C@@]3(C)CC[C@H](O)C[C@]3(O)[C@H](O)C[C@]12O. The van der Waals surface area contributed by atoms with Crippen LogP contribution in [-0.4, -0.2) is 72.4 Å². The third-order valence-corrected chi connectivity index (χ3v) is 11.2. The van der Waals surface area contributed by atoms with Gasteiger partial charge in [-0.05, 0) is 51.9 Å². The number of ether oxygens (including phenoxy) is 1. The van der Waals surface area contributed by atoms with Crippen LogP contribution in [0.5, 0.6) is 0 Å². The molecule has 10 atom stereocenters. The van der Waals surface area contributed by atoms with Gasteiger partial charge in [0.05, 0.1) is 17.8 Å². The largest absolute Gasteiger partial charge is 0.458 e. The second-order valence-corrected chi connectivity index (χ2v) is 13.0. The number of allylic oxidation sites excluding steroid dienone is 1. The van der Waals surface area contributed by atoms with Crippen molar-refractivity contribution in [3.63, 3.8) is 0 Å². The van der Waals surface area contributed by atoms with Crippen LogP contribution in [0.3, 0.4) is 0 Å². The van der Waals surface area contributed by atoms with E-state index in [1.807, 2.05) is 20.8 Å². The third kappa shape index (κ3) is 3.44. The van der Waals surface area contributed by atoms with E-state index < -0.39 is 63.8 Å². The normalized spacial score (nSPS) is 50.8. The van der Waals surface area contributed by atoms with Crippen molar-refractivity contribution in [3.8, 4) is 0 Å². The van der Waals surface area contributed by atoms with Crippen LogP contribution in [0.15, 0.2) is 11.6 Å². The molecule has 4 aliphatic rings. The minimum atomic E-state index is -1.83. The van der Waals surface area contributed by atoms with Gasteiger partial charge in [0.1, 0.15) is 23.1 Å². The number of carbonyl (C=O) groups is 2. The molecule has 0 aromatic heterocycles. The summed E-state index contributed by atoms with van der Waals surface area (Å²) in [5.74, 6) is -1.95. The van der Waals surface area contributed by atoms with Gasteiger partial charge in [-0.3, -0.25) is 4.79 Å². The van der Waals surface area contributed by atoms with Crippen molar-refractivity contribution < 1.29 is 39.9 Å². The summed E-state index contributed by atoms with van der Waals surface area (Å²) in [6, 6.07) is 0. The molecular weight excluding hydrogens is 464 g/mol. The fourth-order valence-corrected chi connectivity index (χ4v) is 8.58. The smallest absolute Gasteiger partial charge is 0.330 e. The number of aliphatic hydroxyl groups is 5. The molecule has 0 amide bonds. The van der Waals surface area contributed by atoms with Crippen molar-refractivity contribution in [2.24, 2.45) is 28.6 Å². The van der Waals surface area contributed by atoms with E-state index in [1.165, 1.54) is 13.0 Å². The molecule has 0 aromatic rings. The van der Waals surface area contributed by atoms with Crippen molar-refractivity contribution in [1.82, 2.24) is 0 Å². The predicted molar refractivity (Wildman–Crippen MR) is 132 cm³/mol. The number of fused-ring (bicyclic) bond motifs is 5. The van der Waals surface area contributed by atoms with Crippen molar-refractivity contribution in [1.29, 1.82) is 0 Å². The monoisotopic (exact) mass is 508 g/mol. The maximum atomic E-state index is 13.0. The van der Waals surface area contributed by atoms with Gasteiger partial charge in [0.2, 0.25) is 0 Å². The average molecular weight is 509 g/mol. The highest BCUT2D eigenvalue weighted by molar-refractivity contribution is 5.83. The van der Waals surface area contributed by atoms with Gasteiger partial charge in [-0.2, -0.15) is 0 Å². The maximum Gasteiger partial charge on any atom is 0.330 e. The maximum absolute atomic E-state index is 13.0. The highest BCUT2D eigenvalue weighted by Gasteiger charge is 2.80. The second-order valence-electron chi connectivity index (χ2n) is 13.0. The molecule has 204 valence electrons. The summed E-state index contributed by atoms with van der Waals surface area (Å²) >= 11 is 0. The highest BCUT2D eigenvalue weighted by Crippen LogP contribution is 2.71. The zero-order valence-electron chi connectivity index (χ0n) is 22.5. The Hall–Kier alpha value is -1.32. The molecule has 4 aliphatic carbocycles. The molecule has 8 heteroatoms. The molecule has 4 fully saturated rings. The molecule has 4 rings (SSSR count). The van der Waals surface area contributed by atoms with Crippen LogP contribution in [0.25, 0.3) is 0 Å². The molecule has 0 bridgehead atoms. The summed E-state index contributed by atoms with van der Waals surface area (Å²) in [6.07, 6.45) is -0.685. The number of esters is 1. The van der Waals surface area contributed by atoms with Crippen molar-refractivity contribution in [3.05, 3.63) is 11.6 Å². The fourth-order valence-electron chi connectivity index (χ4n) is 8.58. The Labute approximate surface area is 213 Å². The molecule has 0 radical (unpaired) electrons. The summed E-state index contributed by atoms with van der Waals surface area (Å²) in [5.41, 5.74) is -6.82. The molecule has 0 spiro atoms. The molecule has 0 aliphatic heterocycles. The summed E-state index contributed by atoms with van der Waals surface area (Å²) in [6.45, 7) is 10.7. The Morgan fingerprint density at radius 2 is 1.61 bits per heavy atom. The van der Waals surface area contributed by atoms with Gasteiger partial charge in [0, 0.05) is 41.6 Å². The highest BCUT2D eigenvalue weighted by atomic mass is 16.5. The van der Waals surface area contributed by atoms with Crippen LogP contribution in [0, 0.1) is 28.6 Å². The zero-order valence-corrected chi connectivity index (χ0v) is 22.5. The topological polar surface area (TPSA) is 145 Å². The van der Waals surface area contributed by atoms with Crippen LogP contribution in [0.2, 0.25) is 0 Å². The van der Waals surface area contributed by atoms with Crippen LogP contribution in [-0.2, 0) is 14.3 Å². The first-order valence-corrected chi connectivity index (χ1v) is 13.4. The number of carbonyl (C=O) groups excluding carboxylic acids is 2. The van der Waals surface area contributed by atoms with E-state index in [0.717, 1.165) is 5.57 Å². The van der Waals surface area contributed by atoms with E-state index in [9.17, 15) is 35.1 Å². The van der Waals surface area contributed by atoms with Crippen molar-refractivity contribution in [2.45, 2.75) is 122 Å². The van der Waals surface area contributed by atoms with Gasteiger partial charge in [-0.15, -0.1) is 0 Å². The lowest BCUT2D eigenvalue weighted by atomic mass is 9.39. The average Bonchev–Trinajstić information content (AvgIpc) is 3.06. The Bertz CT molecular complexity index is 961. The van der Waals surface area contributed by atoms with E-state index in [2.05, 4.69) is 0 Å². The fraction of sp³-hybridized carbons (Fsp3) is 0.857. The Morgan fingerprint density at radius 1 is 0.972 bits per heavy atom. The Balaban J connectivity index is 1.85. The van der Waals surface area contributed by atoms with Gasteiger partial charge < -0.3 is 30.3 Å². The van der Waals surface area contributed by atoms with Gasteiger partial charge >= 0.3 is 5.97 Å². The van der Waals surface area contributed by atoms with Gasteiger partial charge in [0.25, 0.3) is 0 Å². The number of aliphatic hydroxyl groups excluding tert-OH is 2. The van der Waals surface area contributed by atoms with Gasteiger partial charge in [0.15, 0.2) is 0 Å². The van der Waals surface area contributed by atoms with E-state index in [1.54, 1.807) is 13.8 Å². The molecule has 36 heavy (non-hydrogen) atoms. The van der Waals surface area contributed by atoms with Gasteiger partial charge in [-0.1, -0.05) is 33.3 Å². The Morgan fingerprint density at radius 3 is 2.19 bits per heavy atom. The number of rotatable bonds is 4. The summed E-state index contributed by atoms with van der Waals surface area (Å²) in [5, 5.41) is 58.1. The van der Waals surface area contributed by atoms with E-state index in [-0.39, 0.29) is 37.4 Å². The van der Waals surface area contributed by atoms with Crippen LogP contribution < -0.4 is 0 Å². The minimum Gasteiger partial charge on any atom is -0.458 e. The molecule has 4 saturated carbocycles. The Kier molecular flexibility index (Phi) is 6.62. The molecule has 8 nitrogen and oxygen atoms in total. The van der Waals surface area contributed by atoms with Crippen LogP contribution in [0.4, 0.5) is 0 Å². The molecule has 0 heterocycles. The number of ketones is 1. The van der Waals surface area contributed by atoms with Crippen LogP contribution in [0.1, 0.15) is 86.5 Å². The first-order chi connectivity index (χ1) is 16.5. The molecule has 0 aromatic carbocycles. The predicted octanol–water partition coefficient (Wildman–Crippen LogP) is 2.03. The molecule has 0 saturated heterocycles. The first kappa shape index (κ1) is 27.7. The zero-order chi connectivity index (χ0) is 27.1. The van der Waals surface area contributed by atoms with Crippen molar-refractivity contribution in [2.75, 3.05) is 0 Å². The van der Waals surface area contributed by atoms with Crippen LogP contribution >= 0.6 is 0 Å². The van der Waals surface area contributed by atoms with Gasteiger partial charge in [-0.25, -0.2) is 4.79 Å². The van der Waals surface area contributed by atoms with E-state index >= 15 is 0 Å².